The average Bonchev–Trinajstić information content (AvgIpc) is 3.19. The maximum atomic E-state index is 6.05. The van der Waals surface area contributed by atoms with Gasteiger partial charge in [-0.1, -0.05) is 0 Å². The second kappa shape index (κ2) is 4.98. The number of ether oxygens (including phenoxy) is 2. The molecule has 5 nitrogen and oxygen atoms in total. The fourth-order valence-electron chi connectivity index (χ4n) is 2.34. The zero-order chi connectivity index (χ0) is 14.6. The molecule has 0 amide bonds. The van der Waals surface area contributed by atoms with Gasteiger partial charge in [-0.05, 0) is 63.5 Å². The summed E-state index contributed by atoms with van der Waals surface area (Å²) in [6, 6.07) is 3.83. The smallest absolute Gasteiger partial charge is 0.231 e. The fourth-order valence-corrected chi connectivity index (χ4v) is 3.57. The maximum Gasteiger partial charge on any atom is 0.231 e. The molecule has 108 valence electrons. The summed E-state index contributed by atoms with van der Waals surface area (Å²) in [6.07, 6.45) is 2.35. The van der Waals surface area contributed by atoms with Gasteiger partial charge in [0.2, 0.25) is 6.79 Å². The van der Waals surface area contributed by atoms with Crippen molar-refractivity contribution in [1.29, 1.82) is 0 Å². The zero-order valence-electron chi connectivity index (χ0n) is 10.9. The van der Waals surface area contributed by atoms with Crippen molar-refractivity contribution < 1.29 is 9.47 Å². The molecular formula is C14H11BrIN3O2. The molecule has 0 unspecified atom stereocenters. The number of benzene rings is 1. The summed E-state index contributed by atoms with van der Waals surface area (Å²) in [7, 11) is 0. The number of fused-ring (bicyclic) bond motifs is 1. The van der Waals surface area contributed by atoms with E-state index in [2.05, 4.69) is 43.5 Å². The fraction of sp³-hybridized carbons (Fsp3) is 0.286. The Morgan fingerprint density at radius 3 is 2.81 bits per heavy atom. The van der Waals surface area contributed by atoms with Crippen molar-refractivity contribution >= 4 is 44.3 Å². The van der Waals surface area contributed by atoms with Crippen LogP contribution in [0, 0.1) is 3.57 Å². The number of anilines is 1. The van der Waals surface area contributed by atoms with Crippen molar-refractivity contribution in [2.24, 2.45) is 0 Å². The van der Waals surface area contributed by atoms with Gasteiger partial charge in [0.25, 0.3) is 0 Å². The Morgan fingerprint density at radius 2 is 2.05 bits per heavy atom. The molecular weight excluding hydrogens is 449 g/mol. The third-order valence-corrected chi connectivity index (χ3v) is 5.25. The molecule has 0 saturated heterocycles. The molecule has 1 saturated carbocycles. The van der Waals surface area contributed by atoms with Crippen molar-refractivity contribution in [1.82, 2.24) is 9.97 Å². The van der Waals surface area contributed by atoms with Crippen molar-refractivity contribution in [3.8, 4) is 22.9 Å². The second-order valence-electron chi connectivity index (χ2n) is 5.10. The van der Waals surface area contributed by atoms with Crippen LogP contribution in [-0.4, -0.2) is 16.8 Å². The van der Waals surface area contributed by atoms with Crippen LogP contribution in [0.4, 0.5) is 5.82 Å². The molecule has 2 heterocycles. The van der Waals surface area contributed by atoms with E-state index in [0.717, 1.165) is 25.0 Å². The molecule has 0 radical (unpaired) electrons. The van der Waals surface area contributed by atoms with Crippen LogP contribution in [0.25, 0.3) is 11.4 Å². The van der Waals surface area contributed by atoms with Crippen LogP contribution in [0.5, 0.6) is 11.5 Å². The molecule has 2 aromatic rings. The quantitative estimate of drug-likeness (QED) is 0.693. The number of hydrogen-bond donors (Lipinski definition) is 1. The SMILES string of the molecule is Nc1nc(-c2cc(Br)c3c(c2)OCO3)nc(C2CC2)c1I. The first-order valence-corrected chi connectivity index (χ1v) is 8.43. The Kier molecular flexibility index (Phi) is 3.21. The summed E-state index contributed by atoms with van der Waals surface area (Å²) >= 11 is 5.72. The van der Waals surface area contributed by atoms with Crippen LogP contribution in [-0.2, 0) is 0 Å². The highest BCUT2D eigenvalue weighted by molar-refractivity contribution is 14.1. The van der Waals surface area contributed by atoms with Crippen LogP contribution in [0.3, 0.4) is 0 Å². The van der Waals surface area contributed by atoms with Gasteiger partial charge >= 0.3 is 0 Å². The first-order chi connectivity index (χ1) is 10.1. The van der Waals surface area contributed by atoms with Gasteiger partial charge in [0, 0.05) is 11.5 Å². The summed E-state index contributed by atoms with van der Waals surface area (Å²) in [5.74, 6) is 3.12. The van der Waals surface area contributed by atoms with E-state index >= 15 is 0 Å². The number of nitrogens with two attached hydrogens (primary N) is 1. The van der Waals surface area contributed by atoms with Gasteiger partial charge in [0.1, 0.15) is 5.82 Å². The first-order valence-electron chi connectivity index (χ1n) is 6.56. The number of nitrogen functional groups attached to an aromatic ring is 1. The van der Waals surface area contributed by atoms with Crippen LogP contribution >= 0.6 is 38.5 Å². The molecule has 2 aliphatic rings. The van der Waals surface area contributed by atoms with Crippen LogP contribution in [0.15, 0.2) is 16.6 Å². The van der Waals surface area contributed by atoms with E-state index in [4.69, 9.17) is 20.2 Å². The lowest BCUT2D eigenvalue weighted by Crippen LogP contribution is -2.04. The third kappa shape index (κ3) is 2.36. The topological polar surface area (TPSA) is 70.3 Å². The minimum Gasteiger partial charge on any atom is -0.454 e. The van der Waals surface area contributed by atoms with Crippen molar-refractivity contribution in [3.63, 3.8) is 0 Å². The van der Waals surface area contributed by atoms with E-state index in [9.17, 15) is 0 Å². The highest BCUT2D eigenvalue weighted by Crippen LogP contribution is 2.44. The average molecular weight is 460 g/mol. The Bertz CT molecular complexity index is 749. The summed E-state index contributed by atoms with van der Waals surface area (Å²) in [5, 5.41) is 0. The standard InChI is InChI=1S/C14H11BrIN3O2/c15-8-3-7(4-9-12(8)21-5-20-9)14-18-11(6-1-2-6)10(16)13(17)19-14/h3-4,6H,1-2,5H2,(H2,17,18,19). The van der Waals surface area contributed by atoms with Crippen LogP contribution < -0.4 is 15.2 Å². The highest BCUT2D eigenvalue weighted by Gasteiger charge is 2.29. The van der Waals surface area contributed by atoms with Gasteiger partial charge in [-0.15, -0.1) is 0 Å². The molecule has 21 heavy (non-hydrogen) atoms. The molecule has 1 aromatic carbocycles. The van der Waals surface area contributed by atoms with E-state index in [0.29, 0.717) is 23.3 Å². The zero-order valence-corrected chi connectivity index (χ0v) is 14.6. The third-order valence-electron chi connectivity index (χ3n) is 3.55. The van der Waals surface area contributed by atoms with Gasteiger partial charge in [0.15, 0.2) is 17.3 Å². The summed E-state index contributed by atoms with van der Waals surface area (Å²) in [6.45, 7) is 0.237. The molecule has 1 aliphatic heterocycles. The minimum absolute atomic E-state index is 0.237. The maximum absolute atomic E-state index is 6.05. The van der Waals surface area contributed by atoms with Crippen molar-refractivity contribution in [2.45, 2.75) is 18.8 Å². The monoisotopic (exact) mass is 459 g/mol. The van der Waals surface area contributed by atoms with E-state index in [1.165, 1.54) is 12.8 Å². The number of rotatable bonds is 2. The lowest BCUT2D eigenvalue weighted by molar-refractivity contribution is 0.173. The molecule has 0 atom stereocenters. The Labute approximate surface area is 143 Å². The number of hydrogen-bond acceptors (Lipinski definition) is 5. The largest absolute Gasteiger partial charge is 0.454 e. The summed E-state index contributed by atoms with van der Waals surface area (Å²) < 4.78 is 12.6. The van der Waals surface area contributed by atoms with Crippen LogP contribution in [0.1, 0.15) is 24.5 Å². The van der Waals surface area contributed by atoms with Gasteiger partial charge in [0.05, 0.1) is 13.7 Å². The lowest BCUT2D eigenvalue weighted by Gasteiger charge is -2.09. The molecule has 0 spiro atoms. The van der Waals surface area contributed by atoms with Crippen molar-refractivity contribution in [3.05, 3.63) is 25.9 Å². The first kappa shape index (κ1) is 13.6. The molecule has 1 aromatic heterocycles. The molecule has 2 N–H and O–H groups in total. The van der Waals surface area contributed by atoms with Gasteiger partial charge in [-0.25, -0.2) is 9.97 Å². The Hall–Kier alpha value is -1.09. The second-order valence-corrected chi connectivity index (χ2v) is 7.03. The van der Waals surface area contributed by atoms with Gasteiger partial charge in [-0.3, -0.25) is 0 Å². The summed E-state index contributed by atoms with van der Waals surface area (Å²) in [4.78, 5) is 9.14. The molecule has 0 bridgehead atoms. The molecule has 1 fully saturated rings. The van der Waals surface area contributed by atoms with E-state index in [1.54, 1.807) is 0 Å². The van der Waals surface area contributed by atoms with E-state index in [-0.39, 0.29) is 6.79 Å². The summed E-state index contributed by atoms with van der Waals surface area (Å²) in [5.41, 5.74) is 7.98. The molecule has 4 rings (SSSR count). The van der Waals surface area contributed by atoms with Crippen molar-refractivity contribution in [2.75, 3.05) is 12.5 Å². The Morgan fingerprint density at radius 1 is 1.24 bits per heavy atom. The number of aromatic nitrogens is 2. The van der Waals surface area contributed by atoms with E-state index in [1.807, 2.05) is 12.1 Å². The van der Waals surface area contributed by atoms with Crippen LogP contribution in [0.2, 0.25) is 0 Å². The van der Waals surface area contributed by atoms with Gasteiger partial charge < -0.3 is 15.2 Å². The minimum atomic E-state index is 0.237. The molecule has 7 heteroatoms. The number of halogens is 2. The molecule has 1 aliphatic carbocycles. The predicted molar refractivity (Wildman–Crippen MR) is 90.4 cm³/mol. The normalized spacial score (nSPS) is 16.3. The lowest BCUT2D eigenvalue weighted by atomic mass is 10.1. The highest BCUT2D eigenvalue weighted by atomic mass is 127. The van der Waals surface area contributed by atoms with Gasteiger partial charge in [-0.2, -0.15) is 0 Å². The van der Waals surface area contributed by atoms with E-state index < -0.39 is 0 Å². The predicted octanol–water partition coefficient (Wildman–Crippen LogP) is 3.70. The Balaban J connectivity index is 1.85. The number of nitrogens with zero attached hydrogens (tertiary/aromatic N) is 2.